The van der Waals surface area contributed by atoms with Crippen LogP contribution in [0.5, 0.6) is 0 Å². The monoisotopic (exact) mass is 562 g/mol. The number of hydrogen-bond acceptors (Lipinski definition) is 7. The van der Waals surface area contributed by atoms with Gasteiger partial charge in [0.1, 0.15) is 11.3 Å². The number of rotatable bonds is 5. The van der Waals surface area contributed by atoms with Crippen molar-refractivity contribution in [3.05, 3.63) is 71.1 Å². The van der Waals surface area contributed by atoms with Gasteiger partial charge in [-0.25, -0.2) is 14.8 Å². The molecule has 2 aromatic carbocycles. The predicted molar refractivity (Wildman–Crippen MR) is 153 cm³/mol. The Morgan fingerprint density at radius 1 is 1.05 bits per heavy atom. The predicted octanol–water partition coefficient (Wildman–Crippen LogP) is 6.21. The van der Waals surface area contributed by atoms with Gasteiger partial charge in [0.25, 0.3) is 0 Å². The number of hydrogen-bond donors (Lipinski definition) is 4. The van der Waals surface area contributed by atoms with E-state index < -0.39 is 6.03 Å². The second kappa shape index (κ2) is 10.6. The van der Waals surface area contributed by atoms with Crippen LogP contribution in [0.2, 0.25) is 10.0 Å². The van der Waals surface area contributed by atoms with E-state index in [1.54, 1.807) is 42.6 Å². The minimum absolute atomic E-state index is 0.300. The Kier molecular flexibility index (Phi) is 6.82. The molecule has 5 aromatic rings. The van der Waals surface area contributed by atoms with Gasteiger partial charge in [0.15, 0.2) is 5.58 Å². The zero-order valence-corrected chi connectivity index (χ0v) is 22.1. The highest BCUT2D eigenvalue weighted by molar-refractivity contribution is 6.36. The van der Waals surface area contributed by atoms with E-state index in [0.29, 0.717) is 55.8 Å². The highest BCUT2D eigenvalue weighted by atomic mass is 35.5. The highest BCUT2D eigenvalue weighted by Crippen LogP contribution is 2.33. The first kappa shape index (κ1) is 25.2. The van der Waals surface area contributed by atoms with Gasteiger partial charge in [-0.3, -0.25) is 4.68 Å². The third-order valence-electron chi connectivity index (χ3n) is 6.59. The number of nitrogen functional groups attached to an aromatic ring is 1. The maximum atomic E-state index is 12.5. The summed E-state index contributed by atoms with van der Waals surface area (Å²) < 4.78 is 8.06. The lowest BCUT2D eigenvalue weighted by Gasteiger charge is -2.22. The van der Waals surface area contributed by atoms with E-state index in [9.17, 15) is 4.79 Å². The van der Waals surface area contributed by atoms with Crippen molar-refractivity contribution < 1.29 is 9.21 Å². The second-order valence-corrected chi connectivity index (χ2v) is 10.1. The molecule has 0 aliphatic carbocycles. The summed E-state index contributed by atoms with van der Waals surface area (Å²) >= 11 is 12.1. The lowest BCUT2D eigenvalue weighted by molar-refractivity contribution is 0.262. The molecule has 12 heteroatoms. The molecule has 198 valence electrons. The van der Waals surface area contributed by atoms with Gasteiger partial charge in [-0.1, -0.05) is 23.2 Å². The van der Waals surface area contributed by atoms with Crippen molar-refractivity contribution >= 4 is 57.5 Å². The van der Waals surface area contributed by atoms with Gasteiger partial charge in [0.2, 0.25) is 5.89 Å². The largest absolute Gasteiger partial charge is 0.436 e. The molecule has 6 rings (SSSR count). The van der Waals surface area contributed by atoms with Crippen LogP contribution in [-0.4, -0.2) is 38.9 Å². The summed E-state index contributed by atoms with van der Waals surface area (Å²) in [4.78, 5) is 21.5. The van der Waals surface area contributed by atoms with Crippen LogP contribution in [0.1, 0.15) is 18.9 Å². The number of piperidine rings is 1. The summed E-state index contributed by atoms with van der Waals surface area (Å²) in [6, 6.07) is 11.8. The topological polar surface area (TPSA) is 136 Å². The second-order valence-electron chi connectivity index (χ2n) is 9.25. The van der Waals surface area contributed by atoms with Crippen LogP contribution < -0.4 is 21.7 Å². The number of carbonyl (C=O) groups excluding carboxylic acids is 1. The fraction of sp³-hybridized carbons (Fsp3) is 0.185. The maximum absolute atomic E-state index is 12.5. The van der Waals surface area contributed by atoms with Crippen molar-refractivity contribution in [1.29, 1.82) is 0 Å². The molecule has 1 fully saturated rings. The van der Waals surface area contributed by atoms with Gasteiger partial charge in [-0.05, 0) is 62.3 Å². The molecule has 10 nitrogen and oxygen atoms in total. The minimum atomic E-state index is -0.468. The Labute approximate surface area is 233 Å². The van der Waals surface area contributed by atoms with Crippen LogP contribution in [0.3, 0.4) is 0 Å². The number of amides is 2. The molecule has 2 amide bonds. The smallest absolute Gasteiger partial charge is 0.323 e. The maximum Gasteiger partial charge on any atom is 0.323 e. The fourth-order valence-corrected chi connectivity index (χ4v) is 5.01. The summed E-state index contributed by atoms with van der Waals surface area (Å²) in [7, 11) is 0. The van der Waals surface area contributed by atoms with Crippen LogP contribution in [0.4, 0.5) is 22.0 Å². The number of benzene rings is 2. The van der Waals surface area contributed by atoms with Gasteiger partial charge >= 0.3 is 6.03 Å². The average molecular weight is 563 g/mol. The lowest BCUT2D eigenvalue weighted by Crippen LogP contribution is -2.29. The summed E-state index contributed by atoms with van der Waals surface area (Å²) in [6.07, 6.45) is 7.69. The molecule has 1 aliphatic rings. The lowest BCUT2D eigenvalue weighted by atomic mass is 10.1. The molecular weight excluding hydrogens is 539 g/mol. The zero-order chi connectivity index (χ0) is 26.9. The number of aromatic nitrogens is 4. The molecule has 0 atom stereocenters. The third-order valence-corrected chi connectivity index (χ3v) is 7.14. The number of nitrogens with zero attached hydrogens (tertiary/aromatic N) is 4. The number of halogens is 2. The molecule has 4 heterocycles. The van der Waals surface area contributed by atoms with Crippen LogP contribution in [-0.2, 0) is 0 Å². The minimum Gasteiger partial charge on any atom is -0.436 e. The molecule has 0 saturated carbocycles. The van der Waals surface area contributed by atoms with Crippen LogP contribution >= 0.6 is 23.2 Å². The van der Waals surface area contributed by atoms with E-state index in [1.165, 1.54) is 0 Å². The number of nitrogens with two attached hydrogens (primary N) is 1. The number of urea groups is 1. The summed E-state index contributed by atoms with van der Waals surface area (Å²) in [5.74, 6) is 0.630. The average Bonchev–Trinajstić information content (AvgIpc) is 3.59. The number of nitrogens with one attached hydrogen (secondary N) is 3. The third kappa shape index (κ3) is 5.40. The van der Waals surface area contributed by atoms with Crippen LogP contribution in [0.25, 0.3) is 33.7 Å². The molecule has 0 spiro atoms. The van der Waals surface area contributed by atoms with Gasteiger partial charge in [-0.15, -0.1) is 0 Å². The number of carbonyl (C=O) groups is 1. The van der Waals surface area contributed by atoms with Gasteiger partial charge in [-0.2, -0.15) is 5.10 Å². The zero-order valence-electron chi connectivity index (χ0n) is 20.6. The molecule has 1 saturated heterocycles. The molecule has 0 radical (unpaired) electrons. The van der Waals surface area contributed by atoms with Gasteiger partial charge in [0, 0.05) is 40.3 Å². The van der Waals surface area contributed by atoms with Crippen molar-refractivity contribution in [1.82, 2.24) is 25.1 Å². The first-order valence-electron chi connectivity index (χ1n) is 12.4. The van der Waals surface area contributed by atoms with E-state index in [4.69, 9.17) is 33.4 Å². The number of fused-ring (bicyclic) bond motifs is 1. The first-order valence-corrected chi connectivity index (χ1v) is 13.1. The summed E-state index contributed by atoms with van der Waals surface area (Å²) in [5, 5.41) is 14.2. The fourth-order valence-electron chi connectivity index (χ4n) is 4.56. The summed E-state index contributed by atoms with van der Waals surface area (Å²) in [6.45, 7) is 1.98. The molecular formula is C27H24Cl2N8O2. The number of anilines is 3. The Hall–Kier alpha value is -4.12. The molecule has 0 unspecified atom stereocenters. The Balaban J connectivity index is 1.22. The molecule has 5 N–H and O–H groups in total. The molecule has 1 aliphatic heterocycles. The Morgan fingerprint density at radius 2 is 1.90 bits per heavy atom. The van der Waals surface area contributed by atoms with Gasteiger partial charge < -0.3 is 26.1 Å². The highest BCUT2D eigenvalue weighted by Gasteiger charge is 2.18. The van der Waals surface area contributed by atoms with E-state index in [1.807, 2.05) is 23.1 Å². The summed E-state index contributed by atoms with van der Waals surface area (Å²) in [5.41, 5.74) is 10.6. The first-order chi connectivity index (χ1) is 18.9. The van der Waals surface area contributed by atoms with E-state index in [0.717, 1.165) is 37.1 Å². The molecule has 0 bridgehead atoms. The van der Waals surface area contributed by atoms with Gasteiger partial charge in [0.05, 0.1) is 28.5 Å². The Morgan fingerprint density at radius 3 is 2.72 bits per heavy atom. The van der Waals surface area contributed by atoms with Crippen molar-refractivity contribution in [2.75, 3.05) is 29.5 Å². The number of pyridine rings is 1. The standard InChI is InChI=1S/C27H24Cl2N8O2/c28-17-1-3-22(21(29)10-17)36-27(38)34-18-2-4-23-24(11-18)39-26(35-23)20-9-15(12-32-25(20)30)16-13-33-37(14-16)19-5-7-31-8-6-19/h1-4,9-14,19,31H,5-8H2,(H2,30,32)(H2,34,36,38). The van der Waals surface area contributed by atoms with Crippen molar-refractivity contribution in [3.8, 4) is 22.6 Å². The van der Waals surface area contributed by atoms with E-state index in [-0.39, 0.29) is 0 Å². The van der Waals surface area contributed by atoms with E-state index in [2.05, 4.69) is 31.0 Å². The van der Waals surface area contributed by atoms with Crippen molar-refractivity contribution in [2.24, 2.45) is 0 Å². The SMILES string of the molecule is Nc1ncc(-c2cnn(C3CCNCC3)c2)cc1-c1nc2ccc(NC(=O)Nc3ccc(Cl)cc3Cl)cc2o1. The van der Waals surface area contributed by atoms with Crippen LogP contribution in [0, 0.1) is 0 Å². The van der Waals surface area contributed by atoms with Crippen LogP contribution in [0.15, 0.2) is 65.5 Å². The molecule has 3 aromatic heterocycles. The Bertz CT molecular complexity index is 1680. The van der Waals surface area contributed by atoms with Crippen molar-refractivity contribution in [2.45, 2.75) is 18.9 Å². The number of oxazole rings is 1. The van der Waals surface area contributed by atoms with E-state index >= 15 is 0 Å². The molecule has 39 heavy (non-hydrogen) atoms. The normalized spacial score (nSPS) is 14.0. The quantitative estimate of drug-likeness (QED) is 0.200. The van der Waals surface area contributed by atoms with Crippen molar-refractivity contribution in [3.63, 3.8) is 0 Å².